The van der Waals surface area contributed by atoms with Gasteiger partial charge in [0.2, 0.25) is 10.0 Å². The molecule has 0 spiro atoms. The fourth-order valence-electron chi connectivity index (χ4n) is 2.94. The van der Waals surface area contributed by atoms with Crippen molar-refractivity contribution in [2.45, 2.75) is 49.2 Å². The minimum atomic E-state index is -3.39. The SMILES string of the molecule is CC(CCCCCNc1nc2c(s1)CCSc1ccccc1-2)S(N)(=O)=O. The summed E-state index contributed by atoms with van der Waals surface area (Å²) in [7, 11) is -3.39. The number of nitrogens with two attached hydrogens (primary N) is 1. The fourth-order valence-corrected chi connectivity index (χ4v) is 5.59. The maximum absolute atomic E-state index is 11.2. The van der Waals surface area contributed by atoms with Gasteiger partial charge >= 0.3 is 0 Å². The van der Waals surface area contributed by atoms with Crippen LogP contribution in [0.1, 0.15) is 37.5 Å². The van der Waals surface area contributed by atoms with E-state index < -0.39 is 15.3 Å². The predicted octanol–water partition coefficient (Wildman–Crippen LogP) is 4.11. The van der Waals surface area contributed by atoms with E-state index in [2.05, 4.69) is 29.6 Å². The molecule has 26 heavy (non-hydrogen) atoms. The lowest BCUT2D eigenvalue weighted by atomic mass is 10.1. The van der Waals surface area contributed by atoms with Crippen molar-refractivity contribution >= 4 is 38.3 Å². The van der Waals surface area contributed by atoms with Gasteiger partial charge in [-0.3, -0.25) is 0 Å². The molecule has 1 atom stereocenters. The van der Waals surface area contributed by atoms with E-state index in [4.69, 9.17) is 10.1 Å². The van der Waals surface area contributed by atoms with Gasteiger partial charge in [0.15, 0.2) is 5.13 Å². The van der Waals surface area contributed by atoms with E-state index in [1.165, 1.54) is 15.3 Å². The van der Waals surface area contributed by atoms with Crippen molar-refractivity contribution in [2.24, 2.45) is 5.14 Å². The van der Waals surface area contributed by atoms with E-state index in [9.17, 15) is 8.42 Å². The molecular formula is C18H25N3O2S3. The maximum Gasteiger partial charge on any atom is 0.211 e. The van der Waals surface area contributed by atoms with Gasteiger partial charge < -0.3 is 5.32 Å². The van der Waals surface area contributed by atoms with Gasteiger partial charge in [-0.2, -0.15) is 0 Å². The second-order valence-electron chi connectivity index (χ2n) is 6.56. The largest absolute Gasteiger partial charge is 0.361 e. The van der Waals surface area contributed by atoms with Crippen LogP contribution in [0.4, 0.5) is 5.13 Å². The first-order chi connectivity index (χ1) is 12.4. The molecule has 0 aliphatic carbocycles. The van der Waals surface area contributed by atoms with Crippen LogP contribution in [0.2, 0.25) is 0 Å². The van der Waals surface area contributed by atoms with Crippen molar-refractivity contribution in [3.8, 4) is 11.3 Å². The first-order valence-electron chi connectivity index (χ1n) is 8.92. The summed E-state index contributed by atoms with van der Waals surface area (Å²) >= 11 is 3.65. The molecule has 5 nitrogen and oxygen atoms in total. The van der Waals surface area contributed by atoms with Crippen molar-refractivity contribution in [1.82, 2.24) is 4.98 Å². The molecule has 0 amide bonds. The number of hydrogen-bond acceptors (Lipinski definition) is 6. The molecule has 0 saturated heterocycles. The van der Waals surface area contributed by atoms with Crippen LogP contribution in [0.5, 0.6) is 0 Å². The highest BCUT2D eigenvalue weighted by Gasteiger charge is 2.19. The number of benzene rings is 1. The lowest BCUT2D eigenvalue weighted by Gasteiger charge is -2.08. The van der Waals surface area contributed by atoms with Gasteiger partial charge in [0.1, 0.15) is 0 Å². The van der Waals surface area contributed by atoms with Crippen molar-refractivity contribution < 1.29 is 8.42 Å². The van der Waals surface area contributed by atoms with Gasteiger partial charge in [0.05, 0.1) is 10.9 Å². The standard InChI is InChI=1S/C18H25N3O2S3/c1-13(26(19,22)23)7-3-2-6-11-20-18-21-17-14-8-4-5-9-15(14)24-12-10-16(17)25-18/h4-5,8-9,13H,2-3,6-7,10-12H2,1H3,(H,20,21)(H2,19,22,23). The molecule has 3 rings (SSSR count). The van der Waals surface area contributed by atoms with Gasteiger partial charge in [-0.1, -0.05) is 31.0 Å². The Morgan fingerprint density at radius 1 is 1.27 bits per heavy atom. The zero-order valence-corrected chi connectivity index (χ0v) is 17.4. The molecule has 3 N–H and O–H groups in total. The third-order valence-corrected chi connectivity index (χ3v) is 8.06. The molecular weight excluding hydrogens is 386 g/mol. The number of unbranched alkanes of at least 4 members (excludes halogenated alkanes) is 2. The molecule has 1 aromatic heterocycles. The van der Waals surface area contributed by atoms with E-state index in [0.717, 1.165) is 48.8 Å². The minimum absolute atomic E-state index is 0.456. The Morgan fingerprint density at radius 2 is 2.08 bits per heavy atom. The summed E-state index contributed by atoms with van der Waals surface area (Å²) in [5, 5.41) is 9.10. The Balaban J connectivity index is 1.50. The second-order valence-corrected chi connectivity index (χ2v) is 10.8. The van der Waals surface area contributed by atoms with E-state index in [0.29, 0.717) is 6.42 Å². The number of thioether (sulfide) groups is 1. The van der Waals surface area contributed by atoms with Crippen molar-refractivity contribution in [2.75, 3.05) is 17.6 Å². The first kappa shape index (κ1) is 19.7. The molecule has 0 fully saturated rings. The molecule has 1 aliphatic rings. The predicted molar refractivity (Wildman–Crippen MR) is 112 cm³/mol. The van der Waals surface area contributed by atoms with Crippen LogP contribution in [-0.4, -0.2) is 30.9 Å². The number of anilines is 1. The summed E-state index contributed by atoms with van der Waals surface area (Å²) in [6.07, 6.45) is 4.53. The number of rotatable bonds is 8. The fraction of sp³-hybridized carbons (Fsp3) is 0.500. The minimum Gasteiger partial charge on any atom is -0.361 e. The molecule has 2 aromatic rings. The Kier molecular flexibility index (Phi) is 6.60. The van der Waals surface area contributed by atoms with E-state index >= 15 is 0 Å². The smallest absolute Gasteiger partial charge is 0.211 e. The van der Waals surface area contributed by atoms with E-state index in [-0.39, 0.29) is 0 Å². The number of hydrogen-bond donors (Lipinski definition) is 2. The van der Waals surface area contributed by atoms with Crippen molar-refractivity contribution in [1.29, 1.82) is 0 Å². The lowest BCUT2D eigenvalue weighted by Crippen LogP contribution is -2.25. The first-order valence-corrected chi connectivity index (χ1v) is 12.3. The summed E-state index contributed by atoms with van der Waals surface area (Å²) in [5.41, 5.74) is 2.37. The summed E-state index contributed by atoms with van der Waals surface area (Å²) < 4.78 is 22.4. The number of sulfonamides is 1. The van der Waals surface area contributed by atoms with Gasteiger partial charge in [0.25, 0.3) is 0 Å². The second kappa shape index (κ2) is 8.73. The quantitative estimate of drug-likeness (QED) is 0.639. The van der Waals surface area contributed by atoms with Crippen LogP contribution in [0.25, 0.3) is 11.3 Å². The average molecular weight is 412 g/mol. The Bertz CT molecular complexity index is 849. The normalized spacial score (nSPS) is 15.0. The number of fused-ring (bicyclic) bond motifs is 3. The molecule has 0 radical (unpaired) electrons. The number of nitrogens with one attached hydrogen (secondary N) is 1. The summed E-state index contributed by atoms with van der Waals surface area (Å²) in [4.78, 5) is 7.49. The Labute approximate surface area is 163 Å². The third-order valence-electron chi connectivity index (χ3n) is 4.55. The zero-order valence-electron chi connectivity index (χ0n) is 14.9. The molecule has 1 aliphatic heterocycles. The Morgan fingerprint density at radius 3 is 2.88 bits per heavy atom. The highest BCUT2D eigenvalue weighted by molar-refractivity contribution is 7.99. The summed E-state index contributed by atoms with van der Waals surface area (Å²) in [6, 6.07) is 8.48. The molecule has 142 valence electrons. The van der Waals surface area contributed by atoms with Gasteiger partial charge in [-0.15, -0.1) is 23.1 Å². The monoisotopic (exact) mass is 411 g/mol. The number of nitrogens with zero attached hydrogens (tertiary/aromatic N) is 1. The molecule has 2 heterocycles. The van der Waals surface area contributed by atoms with Crippen LogP contribution in [0.3, 0.4) is 0 Å². The highest BCUT2D eigenvalue weighted by Crippen LogP contribution is 2.40. The number of thiazole rings is 1. The van der Waals surface area contributed by atoms with Crippen molar-refractivity contribution in [3.05, 3.63) is 29.1 Å². The van der Waals surface area contributed by atoms with Gasteiger partial charge in [-0.05, 0) is 32.3 Å². The van der Waals surface area contributed by atoms with E-state index in [1.54, 1.807) is 18.3 Å². The zero-order chi connectivity index (χ0) is 18.6. The maximum atomic E-state index is 11.2. The number of aromatic nitrogens is 1. The van der Waals surface area contributed by atoms with Crippen LogP contribution >= 0.6 is 23.1 Å². The Hall–Kier alpha value is -1.09. The number of primary sulfonamides is 1. The topological polar surface area (TPSA) is 85.1 Å². The third kappa shape index (κ3) is 5.00. The molecule has 0 bridgehead atoms. The van der Waals surface area contributed by atoms with Crippen molar-refractivity contribution in [3.63, 3.8) is 0 Å². The molecule has 1 unspecified atom stereocenters. The average Bonchev–Trinajstić information content (AvgIpc) is 2.92. The van der Waals surface area contributed by atoms with Crippen LogP contribution in [0, 0.1) is 0 Å². The van der Waals surface area contributed by atoms with Gasteiger partial charge in [-0.25, -0.2) is 18.5 Å². The lowest BCUT2D eigenvalue weighted by molar-refractivity contribution is 0.567. The van der Waals surface area contributed by atoms with Crippen LogP contribution < -0.4 is 10.5 Å². The molecule has 8 heteroatoms. The number of aryl methyl sites for hydroxylation is 1. The summed E-state index contributed by atoms with van der Waals surface area (Å²) in [5.74, 6) is 1.09. The molecule has 1 aromatic carbocycles. The van der Waals surface area contributed by atoms with Crippen LogP contribution in [0.15, 0.2) is 29.2 Å². The summed E-state index contributed by atoms with van der Waals surface area (Å²) in [6.45, 7) is 2.53. The van der Waals surface area contributed by atoms with E-state index in [1.807, 2.05) is 11.8 Å². The molecule has 0 saturated carbocycles. The van der Waals surface area contributed by atoms with Crippen LogP contribution in [-0.2, 0) is 16.4 Å². The van der Waals surface area contributed by atoms with Gasteiger partial charge in [0, 0.05) is 27.6 Å². The highest BCUT2D eigenvalue weighted by atomic mass is 32.2.